The van der Waals surface area contributed by atoms with E-state index in [0.717, 1.165) is 5.56 Å². The van der Waals surface area contributed by atoms with Crippen LogP contribution in [-0.4, -0.2) is 23.9 Å². The van der Waals surface area contributed by atoms with Crippen molar-refractivity contribution in [3.8, 4) is 0 Å². The Morgan fingerprint density at radius 1 is 1.33 bits per heavy atom. The van der Waals surface area contributed by atoms with Gasteiger partial charge in [0.2, 0.25) is 0 Å². The van der Waals surface area contributed by atoms with Gasteiger partial charge in [0, 0.05) is 18.7 Å². The Morgan fingerprint density at radius 3 is 2.47 bits per heavy atom. The molecule has 0 aliphatic heterocycles. The Hall–Kier alpha value is -1.38. The monoisotopic (exact) mass is 208 g/mol. The second-order valence-corrected chi connectivity index (χ2v) is 3.44. The molecule has 1 amide bonds. The van der Waals surface area contributed by atoms with Crippen LogP contribution in [0.4, 0.5) is 4.39 Å². The molecule has 15 heavy (non-hydrogen) atoms. The first kappa shape index (κ1) is 11.7. The normalized spacial score (nSPS) is 10.1. The smallest absolute Gasteiger partial charge is 0.254 e. The molecule has 0 spiro atoms. The van der Waals surface area contributed by atoms with Crippen LogP contribution in [0.5, 0.6) is 0 Å². The molecule has 1 aromatic rings. The van der Waals surface area contributed by atoms with Gasteiger partial charge in [0.25, 0.3) is 5.91 Å². The highest BCUT2D eigenvalue weighted by atomic mass is 18.2. The van der Waals surface area contributed by atoms with Gasteiger partial charge in [-0.3, -0.25) is 4.79 Å². The lowest BCUT2D eigenvalue weighted by Crippen LogP contribution is -2.31. The Morgan fingerprint density at radius 2 is 1.93 bits per heavy atom. The van der Waals surface area contributed by atoms with Crippen LogP contribution in [-0.2, 0) is 0 Å². The maximum atomic E-state index is 13.0. The largest absolute Gasteiger partial charge is 0.339 e. The van der Waals surface area contributed by atoms with E-state index in [1.165, 1.54) is 12.1 Å². The number of nitrogens with zero attached hydrogens (tertiary/aromatic N) is 1. The summed E-state index contributed by atoms with van der Waals surface area (Å²) in [6.07, 6.45) is 0. The topological polar surface area (TPSA) is 20.3 Å². The summed E-state index contributed by atoms with van der Waals surface area (Å²) < 4.78 is 13.0. The first-order chi connectivity index (χ1) is 7.10. The lowest BCUT2D eigenvalue weighted by Gasteiger charge is -2.19. The van der Waals surface area contributed by atoms with Crippen LogP contribution in [0, 0.1) is 12.7 Å². The fourth-order valence-corrected chi connectivity index (χ4v) is 1.51. The van der Waals surface area contributed by atoms with Gasteiger partial charge in [0.15, 0.2) is 0 Å². The lowest BCUT2D eigenvalue weighted by molar-refractivity contribution is 0.0772. The zero-order valence-corrected chi connectivity index (χ0v) is 9.38. The zero-order chi connectivity index (χ0) is 11.4. The summed E-state index contributed by atoms with van der Waals surface area (Å²) in [5.41, 5.74) is 1.27. The van der Waals surface area contributed by atoms with Gasteiger partial charge in [-0.15, -0.1) is 0 Å². The molecular weight excluding hydrogens is 192 g/mol. The Balaban J connectivity index is 3.04. The van der Waals surface area contributed by atoms with Gasteiger partial charge >= 0.3 is 0 Å². The highest BCUT2D eigenvalue weighted by Crippen LogP contribution is 2.12. The van der Waals surface area contributed by atoms with Crippen LogP contribution in [0.25, 0.3) is 0 Å². The third-order valence-corrected chi connectivity index (χ3v) is 2.48. The zero-order valence-electron chi connectivity index (χ0n) is 9.38. The molecule has 2 nitrogen and oxygen atoms in total. The summed E-state index contributed by atoms with van der Waals surface area (Å²) >= 11 is 0. The van der Waals surface area contributed by atoms with Crippen molar-refractivity contribution in [3.63, 3.8) is 0 Å². The minimum Gasteiger partial charge on any atom is -0.339 e. The molecule has 3 heteroatoms. The third kappa shape index (κ3) is 2.55. The van der Waals surface area contributed by atoms with E-state index in [0.29, 0.717) is 18.7 Å². The van der Waals surface area contributed by atoms with Crippen LogP contribution < -0.4 is 0 Å². The van der Waals surface area contributed by atoms with Crippen molar-refractivity contribution >= 4 is 5.91 Å². The molecule has 0 radical (unpaired) electrons. The molecule has 1 rings (SSSR count). The summed E-state index contributed by atoms with van der Waals surface area (Å²) in [6.45, 7) is 6.93. The van der Waals surface area contributed by atoms with Gasteiger partial charge in [0.05, 0.1) is 0 Å². The molecule has 0 unspecified atom stereocenters. The number of halogens is 1. The molecule has 0 bridgehead atoms. The lowest BCUT2D eigenvalue weighted by atomic mass is 10.1. The molecule has 0 saturated carbocycles. The number of benzene rings is 1. The summed E-state index contributed by atoms with van der Waals surface area (Å²) in [5, 5.41) is 0. The number of hydrogen-bond donors (Lipinski definition) is 0. The minimum atomic E-state index is -0.365. The molecule has 0 saturated heterocycles. The molecule has 0 heterocycles. The predicted octanol–water partition coefficient (Wildman–Crippen LogP) is 2.62. The summed E-state index contributed by atoms with van der Waals surface area (Å²) in [6, 6.07) is 4.30. The second kappa shape index (κ2) is 4.91. The molecule has 0 atom stereocenters. The van der Waals surface area contributed by atoms with E-state index in [1.54, 1.807) is 11.0 Å². The SMILES string of the molecule is CCN(CC)C(=O)c1cc([18F])ccc1C. The molecule has 0 aliphatic carbocycles. The highest BCUT2D eigenvalue weighted by Gasteiger charge is 2.15. The molecule has 0 fully saturated rings. The quantitative estimate of drug-likeness (QED) is 0.747. The van der Waals surface area contributed by atoms with Gasteiger partial charge in [-0.25, -0.2) is 4.39 Å². The fraction of sp³-hybridized carbons (Fsp3) is 0.417. The van der Waals surface area contributed by atoms with Crippen LogP contribution in [0.3, 0.4) is 0 Å². The highest BCUT2D eigenvalue weighted by molar-refractivity contribution is 5.95. The van der Waals surface area contributed by atoms with E-state index < -0.39 is 0 Å². The molecule has 0 N–H and O–H groups in total. The minimum absolute atomic E-state index is 0.1000. The number of carbonyl (C=O) groups is 1. The van der Waals surface area contributed by atoms with Crippen LogP contribution in [0.2, 0.25) is 0 Å². The molecule has 0 aromatic heterocycles. The third-order valence-electron chi connectivity index (χ3n) is 2.48. The number of hydrogen-bond acceptors (Lipinski definition) is 1. The maximum Gasteiger partial charge on any atom is 0.254 e. The van der Waals surface area contributed by atoms with Crippen molar-refractivity contribution < 1.29 is 9.18 Å². The van der Waals surface area contributed by atoms with Crippen LogP contribution in [0.15, 0.2) is 18.2 Å². The van der Waals surface area contributed by atoms with Crippen molar-refractivity contribution in [1.82, 2.24) is 4.90 Å². The van der Waals surface area contributed by atoms with Gasteiger partial charge < -0.3 is 4.90 Å². The number of amides is 1. The van der Waals surface area contributed by atoms with Crippen molar-refractivity contribution in [2.75, 3.05) is 13.1 Å². The average molecular weight is 208 g/mol. The standard InChI is InChI=1S/C12H16FNO/c1-4-14(5-2)12(15)11-8-10(13)7-6-9(11)3/h6-8H,4-5H2,1-3H3/i13-1. The van der Waals surface area contributed by atoms with Gasteiger partial charge in [-0.1, -0.05) is 6.07 Å². The van der Waals surface area contributed by atoms with Crippen molar-refractivity contribution in [3.05, 3.63) is 35.1 Å². The molecule has 0 aliphatic rings. The summed E-state index contributed by atoms with van der Waals surface area (Å²) in [5.74, 6) is -0.465. The molecule has 82 valence electrons. The van der Waals surface area contributed by atoms with Gasteiger partial charge in [0.1, 0.15) is 5.82 Å². The van der Waals surface area contributed by atoms with Crippen molar-refractivity contribution in [2.45, 2.75) is 20.8 Å². The first-order valence-electron chi connectivity index (χ1n) is 5.15. The van der Waals surface area contributed by atoms with E-state index >= 15 is 0 Å². The van der Waals surface area contributed by atoms with Crippen molar-refractivity contribution in [2.24, 2.45) is 0 Å². The number of aryl methyl sites for hydroxylation is 1. The van der Waals surface area contributed by atoms with E-state index in [4.69, 9.17) is 0 Å². The van der Waals surface area contributed by atoms with Crippen molar-refractivity contribution in [1.29, 1.82) is 0 Å². The van der Waals surface area contributed by atoms with E-state index in [1.807, 2.05) is 20.8 Å². The van der Waals surface area contributed by atoms with E-state index in [9.17, 15) is 9.18 Å². The number of carbonyl (C=O) groups excluding carboxylic acids is 1. The Kier molecular flexibility index (Phi) is 3.83. The molecule has 1 aromatic carbocycles. The average Bonchev–Trinajstić information content (AvgIpc) is 2.23. The van der Waals surface area contributed by atoms with Gasteiger partial charge in [-0.05, 0) is 38.5 Å². The Bertz CT molecular complexity index is 359. The fourth-order valence-electron chi connectivity index (χ4n) is 1.51. The van der Waals surface area contributed by atoms with Crippen LogP contribution >= 0.6 is 0 Å². The number of rotatable bonds is 3. The maximum absolute atomic E-state index is 13.0. The Labute approximate surface area is 89.7 Å². The summed E-state index contributed by atoms with van der Waals surface area (Å²) in [7, 11) is 0. The van der Waals surface area contributed by atoms with Crippen LogP contribution in [0.1, 0.15) is 29.8 Å². The molecular formula is C12H16FNO. The first-order valence-corrected chi connectivity index (χ1v) is 5.15. The van der Waals surface area contributed by atoms with E-state index in [-0.39, 0.29) is 11.7 Å². The van der Waals surface area contributed by atoms with E-state index in [2.05, 4.69) is 0 Å². The predicted molar refractivity (Wildman–Crippen MR) is 58.4 cm³/mol. The summed E-state index contributed by atoms with van der Waals surface area (Å²) in [4.78, 5) is 13.6. The van der Waals surface area contributed by atoms with Gasteiger partial charge in [-0.2, -0.15) is 0 Å². The second-order valence-electron chi connectivity index (χ2n) is 3.44.